The zero-order chi connectivity index (χ0) is 12.1. The van der Waals surface area contributed by atoms with Gasteiger partial charge >= 0.3 is 0 Å². The molecular weight excluding hydrogens is 218 g/mol. The summed E-state index contributed by atoms with van der Waals surface area (Å²) in [6.07, 6.45) is 5.24. The van der Waals surface area contributed by atoms with Gasteiger partial charge in [0.05, 0.1) is 24.1 Å². The van der Waals surface area contributed by atoms with Crippen molar-refractivity contribution in [1.29, 1.82) is 5.26 Å². The molecule has 1 aliphatic heterocycles. The van der Waals surface area contributed by atoms with Crippen molar-refractivity contribution < 1.29 is 0 Å². The zero-order valence-electron chi connectivity index (χ0n) is 9.51. The Kier molecular flexibility index (Phi) is 3.47. The first kappa shape index (κ1) is 11.3. The van der Waals surface area contributed by atoms with Crippen LogP contribution in [0.1, 0.15) is 11.4 Å². The Balaban J connectivity index is 2.08. The molecule has 2 heterocycles. The number of nitriles is 1. The maximum absolute atomic E-state index is 8.58. The highest BCUT2D eigenvalue weighted by atomic mass is 15.5. The number of hydrogen-bond donors (Lipinski definition) is 2. The van der Waals surface area contributed by atoms with Crippen LogP contribution in [-0.4, -0.2) is 33.9 Å². The van der Waals surface area contributed by atoms with E-state index in [4.69, 9.17) is 5.26 Å². The van der Waals surface area contributed by atoms with Crippen LogP contribution in [-0.2, 0) is 6.54 Å². The number of aryl methyl sites for hydroxylation is 1. The van der Waals surface area contributed by atoms with Gasteiger partial charge in [0.15, 0.2) is 0 Å². The van der Waals surface area contributed by atoms with Crippen molar-refractivity contribution in [2.24, 2.45) is 4.99 Å². The Morgan fingerprint density at radius 3 is 3.12 bits per heavy atom. The van der Waals surface area contributed by atoms with Crippen molar-refractivity contribution in [3.05, 3.63) is 23.8 Å². The van der Waals surface area contributed by atoms with Gasteiger partial charge in [-0.25, -0.2) is 5.43 Å². The second kappa shape index (κ2) is 5.23. The lowest BCUT2D eigenvalue weighted by Gasteiger charge is -2.30. The molecule has 1 aromatic rings. The number of aliphatic imine (C=N–C) groups is 1. The molecule has 2 N–H and O–H groups in total. The number of nitrogens with zero attached hydrogens (tertiary/aromatic N) is 5. The largest absolute Gasteiger partial charge is 0.334 e. The van der Waals surface area contributed by atoms with Crippen LogP contribution >= 0.6 is 0 Å². The van der Waals surface area contributed by atoms with E-state index >= 15 is 0 Å². The summed E-state index contributed by atoms with van der Waals surface area (Å²) in [6, 6.07) is 0. The van der Waals surface area contributed by atoms with Gasteiger partial charge in [-0.05, 0) is 6.92 Å². The van der Waals surface area contributed by atoms with E-state index in [1.807, 2.05) is 11.8 Å². The summed E-state index contributed by atoms with van der Waals surface area (Å²) >= 11 is 0. The van der Waals surface area contributed by atoms with E-state index in [1.54, 1.807) is 18.6 Å². The summed E-state index contributed by atoms with van der Waals surface area (Å²) in [4.78, 5) is 14.1. The number of hydrogen-bond acceptors (Lipinski definition) is 5. The van der Waals surface area contributed by atoms with Crippen LogP contribution in [0, 0.1) is 18.4 Å². The molecule has 1 aromatic heterocycles. The van der Waals surface area contributed by atoms with Crippen molar-refractivity contribution in [2.75, 3.05) is 13.1 Å². The Bertz CT molecular complexity index is 445. The van der Waals surface area contributed by atoms with Crippen LogP contribution in [0.5, 0.6) is 0 Å². The first-order chi connectivity index (χ1) is 8.29. The molecule has 0 amide bonds. The van der Waals surface area contributed by atoms with Crippen molar-refractivity contribution in [3.8, 4) is 6.19 Å². The number of rotatable bonds is 2. The van der Waals surface area contributed by atoms with E-state index in [2.05, 4.69) is 25.8 Å². The van der Waals surface area contributed by atoms with Crippen LogP contribution < -0.4 is 10.9 Å². The summed E-state index contributed by atoms with van der Waals surface area (Å²) in [7, 11) is 0. The minimum atomic E-state index is 0.515. The summed E-state index contributed by atoms with van der Waals surface area (Å²) in [6.45, 7) is 4.03. The number of aromatic nitrogens is 2. The second-order valence-electron chi connectivity index (χ2n) is 3.66. The lowest BCUT2D eigenvalue weighted by Crippen LogP contribution is -2.55. The standard InChI is InChI=1S/C10H13N7/c1-8-4-13-9(5-12-8)6-17-3-2-15-16-10(17)14-7-11/h4-5,15H,2-3,6H2,1H3,(H,14,16). The van der Waals surface area contributed by atoms with Crippen LogP contribution in [0.15, 0.2) is 17.4 Å². The monoisotopic (exact) mass is 231 g/mol. The van der Waals surface area contributed by atoms with E-state index in [1.165, 1.54) is 0 Å². The third kappa shape index (κ3) is 2.89. The molecule has 0 atom stereocenters. The Morgan fingerprint density at radius 1 is 1.53 bits per heavy atom. The molecule has 0 saturated carbocycles. The van der Waals surface area contributed by atoms with E-state index < -0.39 is 0 Å². The van der Waals surface area contributed by atoms with Gasteiger partial charge in [0.1, 0.15) is 0 Å². The molecule has 2 rings (SSSR count). The number of guanidine groups is 1. The minimum absolute atomic E-state index is 0.515. The molecule has 0 radical (unpaired) electrons. The molecule has 7 heteroatoms. The minimum Gasteiger partial charge on any atom is -0.334 e. The molecule has 0 unspecified atom stereocenters. The first-order valence-corrected chi connectivity index (χ1v) is 5.27. The molecule has 7 nitrogen and oxygen atoms in total. The first-order valence-electron chi connectivity index (χ1n) is 5.27. The number of hydrazine groups is 1. The smallest absolute Gasteiger partial charge is 0.224 e. The molecule has 0 spiro atoms. The molecule has 0 aliphatic carbocycles. The van der Waals surface area contributed by atoms with E-state index in [9.17, 15) is 0 Å². The second-order valence-corrected chi connectivity index (χ2v) is 3.66. The van der Waals surface area contributed by atoms with Gasteiger partial charge in [0.2, 0.25) is 12.2 Å². The Labute approximate surface area is 99.2 Å². The fourth-order valence-electron chi connectivity index (χ4n) is 1.51. The summed E-state index contributed by atoms with van der Waals surface area (Å²) < 4.78 is 0. The topological polar surface area (TPSA) is 89.2 Å². The molecule has 17 heavy (non-hydrogen) atoms. The highest BCUT2D eigenvalue weighted by Gasteiger charge is 2.16. The zero-order valence-corrected chi connectivity index (χ0v) is 9.51. The summed E-state index contributed by atoms with van der Waals surface area (Å²) in [5.74, 6) is 0.515. The van der Waals surface area contributed by atoms with Crippen LogP contribution in [0.4, 0.5) is 0 Å². The lowest BCUT2D eigenvalue weighted by molar-refractivity contribution is 0.339. The lowest BCUT2D eigenvalue weighted by atomic mass is 10.3. The van der Waals surface area contributed by atoms with Crippen molar-refractivity contribution in [1.82, 2.24) is 25.7 Å². The maximum atomic E-state index is 8.58. The molecular formula is C10H13N7. The predicted octanol–water partition coefficient (Wildman–Crippen LogP) is -0.468. The van der Waals surface area contributed by atoms with Crippen LogP contribution in [0.2, 0.25) is 0 Å². The van der Waals surface area contributed by atoms with Crippen LogP contribution in [0.3, 0.4) is 0 Å². The fourth-order valence-corrected chi connectivity index (χ4v) is 1.51. The van der Waals surface area contributed by atoms with Gasteiger partial charge in [-0.3, -0.25) is 15.4 Å². The molecule has 0 bridgehead atoms. The van der Waals surface area contributed by atoms with Gasteiger partial charge in [0, 0.05) is 19.3 Å². The predicted molar refractivity (Wildman–Crippen MR) is 61.4 cm³/mol. The molecule has 0 aromatic carbocycles. The van der Waals surface area contributed by atoms with Gasteiger partial charge in [0.25, 0.3) is 0 Å². The molecule has 1 aliphatic rings. The Hall–Kier alpha value is -2.20. The van der Waals surface area contributed by atoms with E-state index in [0.29, 0.717) is 12.5 Å². The van der Waals surface area contributed by atoms with Gasteiger partial charge in [-0.2, -0.15) is 5.26 Å². The highest BCUT2D eigenvalue weighted by Crippen LogP contribution is 2.02. The maximum Gasteiger partial charge on any atom is 0.224 e. The van der Waals surface area contributed by atoms with Gasteiger partial charge < -0.3 is 4.90 Å². The SMILES string of the molecule is Cc1cnc(CN2CCNNC2=NC#N)cn1. The molecule has 1 saturated heterocycles. The van der Waals surface area contributed by atoms with Crippen molar-refractivity contribution in [2.45, 2.75) is 13.5 Å². The van der Waals surface area contributed by atoms with E-state index in [0.717, 1.165) is 24.5 Å². The average Bonchev–Trinajstić information content (AvgIpc) is 2.35. The third-order valence-electron chi connectivity index (χ3n) is 2.35. The van der Waals surface area contributed by atoms with Crippen molar-refractivity contribution in [3.63, 3.8) is 0 Å². The Morgan fingerprint density at radius 2 is 2.41 bits per heavy atom. The average molecular weight is 231 g/mol. The quantitative estimate of drug-likeness (QED) is 0.669. The summed E-state index contributed by atoms with van der Waals surface area (Å²) in [5, 5.41) is 8.58. The van der Waals surface area contributed by atoms with Crippen molar-refractivity contribution >= 4 is 5.96 Å². The highest BCUT2D eigenvalue weighted by molar-refractivity contribution is 5.80. The normalized spacial score (nSPS) is 17.6. The summed E-state index contributed by atoms with van der Waals surface area (Å²) in [5.41, 5.74) is 7.53. The van der Waals surface area contributed by atoms with E-state index in [-0.39, 0.29) is 0 Å². The fraction of sp³-hybridized carbons (Fsp3) is 0.400. The van der Waals surface area contributed by atoms with Crippen LogP contribution in [0.25, 0.3) is 0 Å². The molecule has 88 valence electrons. The van der Waals surface area contributed by atoms with Gasteiger partial charge in [-0.15, -0.1) is 4.99 Å². The number of nitrogens with one attached hydrogen (secondary N) is 2. The third-order valence-corrected chi connectivity index (χ3v) is 2.35. The molecule has 1 fully saturated rings. The van der Waals surface area contributed by atoms with Gasteiger partial charge in [-0.1, -0.05) is 0 Å².